The van der Waals surface area contributed by atoms with Crippen LogP contribution in [0.1, 0.15) is 6.42 Å². The van der Waals surface area contributed by atoms with Crippen LogP contribution in [0, 0.1) is 0 Å². The van der Waals surface area contributed by atoms with E-state index < -0.39 is 0 Å². The summed E-state index contributed by atoms with van der Waals surface area (Å²) in [6, 6.07) is 21.7. The van der Waals surface area contributed by atoms with Crippen molar-refractivity contribution in [1.82, 2.24) is 0 Å². The molecule has 0 bridgehead atoms. The summed E-state index contributed by atoms with van der Waals surface area (Å²) >= 11 is 0. The van der Waals surface area contributed by atoms with E-state index in [1.54, 1.807) is 5.31 Å². The Morgan fingerprint density at radius 3 is 1.68 bits per heavy atom. The molecule has 2 heteroatoms. The van der Waals surface area contributed by atoms with Crippen LogP contribution in [-0.2, 0) is 0 Å². The van der Waals surface area contributed by atoms with E-state index in [4.69, 9.17) is 0 Å². The van der Waals surface area contributed by atoms with Crippen molar-refractivity contribution in [2.45, 2.75) is 6.42 Å². The molecule has 0 fully saturated rings. The second kappa shape index (κ2) is 7.16. The molecule has 0 aliphatic heterocycles. The number of allylic oxidation sites excluding steroid dienone is 4. The third-order valence-corrected chi connectivity index (χ3v) is 5.60. The maximum absolute atomic E-state index is 2.28. The van der Waals surface area contributed by atoms with Gasteiger partial charge in [0.2, 0.25) is 0 Å². The zero-order chi connectivity index (χ0) is 12.2. The molecule has 1 aliphatic rings. The molecule has 91 valence electrons. The molecule has 0 amide bonds. The van der Waals surface area contributed by atoms with Gasteiger partial charge in [-0.2, -0.15) is 0 Å². The first-order valence-corrected chi connectivity index (χ1v) is 7.55. The van der Waals surface area contributed by atoms with Crippen LogP contribution in [0.15, 0.2) is 84.2 Å². The van der Waals surface area contributed by atoms with Gasteiger partial charge in [0.05, 0.1) is 0 Å². The van der Waals surface area contributed by atoms with Crippen LogP contribution in [-0.4, -0.2) is 27.3 Å². The van der Waals surface area contributed by atoms with Crippen molar-refractivity contribution >= 4 is 45.8 Å². The first kappa shape index (κ1) is 14.7. The third-order valence-electron chi connectivity index (χ3n) is 3.07. The maximum Gasteiger partial charge on any atom is 0 e. The fraction of sp³-hybridized carbons (Fsp3) is 0.0588. The van der Waals surface area contributed by atoms with Crippen molar-refractivity contribution in [3.05, 3.63) is 84.2 Å². The van der Waals surface area contributed by atoms with Crippen molar-refractivity contribution in [2.24, 2.45) is 0 Å². The fourth-order valence-electron chi connectivity index (χ4n) is 2.24. The number of hydrogen-bond acceptors (Lipinski definition) is 0. The van der Waals surface area contributed by atoms with E-state index in [2.05, 4.69) is 78.9 Å². The van der Waals surface area contributed by atoms with Gasteiger partial charge in [-0.25, -0.2) is 0 Å². The minimum Gasteiger partial charge on any atom is -0.0801 e. The largest absolute Gasteiger partial charge is 0.0801 e. The molecule has 0 unspecified atom stereocenters. The Balaban J connectivity index is 0.00000133. The molecule has 0 aromatic heterocycles. The summed E-state index contributed by atoms with van der Waals surface area (Å²) in [6.07, 6.45) is 7.80. The maximum atomic E-state index is 2.28. The van der Waals surface area contributed by atoms with Gasteiger partial charge in [-0.05, 0) is 30.3 Å². The molecule has 0 saturated heterocycles. The molecule has 0 N–H and O–H groups in total. The molecule has 0 heterocycles. The Hall–Kier alpha value is -0.728. The predicted molar refractivity (Wildman–Crippen MR) is 86.7 cm³/mol. The van der Waals surface area contributed by atoms with Gasteiger partial charge in [-0.1, -0.05) is 78.9 Å². The number of hydrogen-bond donors (Lipinski definition) is 0. The van der Waals surface area contributed by atoms with Gasteiger partial charge in [-0.15, -0.1) is 0 Å². The van der Waals surface area contributed by atoms with Gasteiger partial charge in [0, 0.05) is 27.3 Å². The molecule has 0 saturated carbocycles. The third kappa shape index (κ3) is 3.43. The molecule has 19 heavy (non-hydrogen) atoms. The van der Waals surface area contributed by atoms with E-state index >= 15 is 0 Å². The summed E-state index contributed by atoms with van der Waals surface area (Å²) in [4.78, 5) is 0. The van der Waals surface area contributed by atoms with Gasteiger partial charge in [0.1, 0.15) is 0 Å². The molecule has 0 atom stereocenters. The molecule has 0 spiro atoms. The smallest absolute Gasteiger partial charge is 0 e. The van der Waals surface area contributed by atoms with Crippen LogP contribution in [0.5, 0.6) is 0 Å². The second-order valence-corrected chi connectivity index (χ2v) is 6.57. The number of benzene rings is 2. The van der Waals surface area contributed by atoms with Gasteiger partial charge >= 0.3 is 0 Å². The van der Waals surface area contributed by atoms with E-state index in [9.17, 15) is 0 Å². The fourth-order valence-corrected chi connectivity index (χ4v) is 4.66. The molecule has 1 radical (unpaired) electrons. The van der Waals surface area contributed by atoms with Crippen molar-refractivity contribution in [2.75, 3.05) is 0 Å². The van der Waals surface area contributed by atoms with Crippen LogP contribution in [0.2, 0.25) is 0 Å². The van der Waals surface area contributed by atoms with Crippen LogP contribution >= 0.6 is 7.92 Å². The predicted octanol–water partition coefficient (Wildman–Crippen LogP) is 3.58. The van der Waals surface area contributed by atoms with E-state index in [1.807, 2.05) is 0 Å². The SMILES string of the molecule is C1=CCC(P(c2ccccc2)c2ccccc2)=C1.[Tl]. The van der Waals surface area contributed by atoms with Crippen LogP contribution in [0.3, 0.4) is 0 Å². The zero-order valence-corrected chi connectivity index (χ0v) is 16.1. The Bertz CT molecular complexity index is 533. The van der Waals surface area contributed by atoms with E-state index in [0.29, 0.717) is 0 Å². The first-order chi connectivity index (χ1) is 8.95. The Morgan fingerprint density at radius 2 is 1.26 bits per heavy atom. The van der Waals surface area contributed by atoms with Crippen molar-refractivity contribution in [3.8, 4) is 0 Å². The number of rotatable bonds is 3. The van der Waals surface area contributed by atoms with Crippen molar-refractivity contribution in [3.63, 3.8) is 0 Å². The van der Waals surface area contributed by atoms with Gasteiger partial charge in [0.25, 0.3) is 0 Å². The quantitative estimate of drug-likeness (QED) is 0.491. The Labute approximate surface area is 136 Å². The first-order valence-electron chi connectivity index (χ1n) is 6.21. The summed E-state index contributed by atoms with van der Waals surface area (Å²) in [5, 5.41) is 4.42. The Morgan fingerprint density at radius 1 is 0.737 bits per heavy atom. The normalized spacial score (nSPS) is 13.2. The average Bonchev–Trinajstić information content (AvgIpc) is 2.95. The molecular formula is C17H15PTl. The van der Waals surface area contributed by atoms with E-state index in [-0.39, 0.29) is 35.2 Å². The van der Waals surface area contributed by atoms with E-state index in [1.165, 1.54) is 10.6 Å². The molecule has 2 aromatic rings. The summed E-state index contributed by atoms with van der Waals surface area (Å²) in [7, 11) is -0.353. The zero-order valence-electron chi connectivity index (χ0n) is 10.7. The molecule has 1 aliphatic carbocycles. The minimum atomic E-state index is -0.353. The van der Waals surface area contributed by atoms with Gasteiger partial charge in [0.15, 0.2) is 0 Å². The average molecular weight is 455 g/mol. The summed E-state index contributed by atoms with van der Waals surface area (Å²) in [6.45, 7) is 0. The molecule has 0 nitrogen and oxygen atoms in total. The van der Waals surface area contributed by atoms with E-state index in [0.717, 1.165) is 6.42 Å². The van der Waals surface area contributed by atoms with Crippen molar-refractivity contribution < 1.29 is 0 Å². The second-order valence-electron chi connectivity index (χ2n) is 4.30. The summed E-state index contributed by atoms with van der Waals surface area (Å²) < 4.78 is 0. The summed E-state index contributed by atoms with van der Waals surface area (Å²) in [5.41, 5.74) is 0. The van der Waals surface area contributed by atoms with Crippen LogP contribution in [0.25, 0.3) is 0 Å². The van der Waals surface area contributed by atoms with Gasteiger partial charge in [-0.3, -0.25) is 0 Å². The molecular weight excluding hydrogens is 440 g/mol. The molecule has 3 rings (SSSR count). The monoisotopic (exact) mass is 455 g/mol. The van der Waals surface area contributed by atoms with Crippen LogP contribution in [0.4, 0.5) is 0 Å². The van der Waals surface area contributed by atoms with Crippen molar-refractivity contribution in [1.29, 1.82) is 0 Å². The van der Waals surface area contributed by atoms with Gasteiger partial charge < -0.3 is 0 Å². The molecule has 2 aromatic carbocycles. The topological polar surface area (TPSA) is 0 Å². The summed E-state index contributed by atoms with van der Waals surface area (Å²) in [5.74, 6) is 0. The minimum absolute atomic E-state index is 0. The Kier molecular flexibility index (Phi) is 5.53. The standard InChI is InChI=1S/C17H15P.Tl/c1-3-9-15(10-4-1)18(17-13-7-8-14-17)16-11-5-2-6-12-16;/h1-13H,14H2;. The van der Waals surface area contributed by atoms with Crippen LogP contribution < -0.4 is 10.6 Å².